The van der Waals surface area contributed by atoms with E-state index in [9.17, 15) is 19.2 Å². The topological polar surface area (TPSA) is 86.8 Å². The van der Waals surface area contributed by atoms with E-state index in [-0.39, 0.29) is 23.6 Å². The number of hydrogen-bond donors (Lipinski definition) is 1. The Bertz CT molecular complexity index is 1550. The average molecular weight is 540 g/mol. The van der Waals surface area contributed by atoms with Crippen LogP contribution in [0.2, 0.25) is 0 Å². The van der Waals surface area contributed by atoms with E-state index in [4.69, 9.17) is 0 Å². The van der Waals surface area contributed by atoms with Crippen molar-refractivity contribution >= 4 is 35.0 Å². The summed E-state index contributed by atoms with van der Waals surface area (Å²) in [6.45, 7) is 0. The SMILES string of the molecule is O=C1[C@@H]2[C@H](C(=O)N1c1ccccc1)C1(c3ccccc3)NC2(c2ccccc2)[C@H]2C(=O)N(c3ccccc3)C(=O)[C@H]21. The number of rotatable bonds is 4. The molecule has 0 saturated carbocycles. The maximum atomic E-state index is 14.5. The predicted octanol–water partition coefficient (Wildman–Crippen LogP) is 4.01. The molecule has 0 radical (unpaired) electrons. The van der Waals surface area contributed by atoms with Gasteiger partial charge in [0.15, 0.2) is 0 Å². The Balaban J connectivity index is 1.43. The van der Waals surface area contributed by atoms with Crippen molar-refractivity contribution in [2.75, 3.05) is 9.80 Å². The van der Waals surface area contributed by atoms with E-state index < -0.39 is 34.7 Å². The van der Waals surface area contributed by atoms with Crippen LogP contribution in [-0.2, 0) is 30.3 Å². The highest BCUT2D eigenvalue weighted by atomic mass is 16.2. The number of imide groups is 2. The molecule has 200 valence electrons. The zero-order chi connectivity index (χ0) is 27.9. The Morgan fingerprint density at radius 3 is 0.976 bits per heavy atom. The van der Waals surface area contributed by atoms with E-state index in [2.05, 4.69) is 5.32 Å². The molecule has 0 aromatic heterocycles. The molecule has 4 heterocycles. The van der Waals surface area contributed by atoms with E-state index in [1.54, 1.807) is 48.5 Å². The first-order valence-corrected chi connectivity index (χ1v) is 13.8. The Labute approximate surface area is 236 Å². The van der Waals surface area contributed by atoms with Gasteiger partial charge in [-0.1, -0.05) is 97.1 Å². The van der Waals surface area contributed by atoms with Gasteiger partial charge in [-0.3, -0.25) is 24.5 Å². The average Bonchev–Trinajstić information content (AvgIpc) is 3.69. The number of fused-ring (bicyclic) bond motifs is 8. The summed E-state index contributed by atoms with van der Waals surface area (Å²) in [6.07, 6.45) is 0. The van der Waals surface area contributed by atoms with Crippen molar-refractivity contribution in [1.29, 1.82) is 0 Å². The van der Waals surface area contributed by atoms with Crippen LogP contribution in [0.3, 0.4) is 0 Å². The summed E-state index contributed by atoms with van der Waals surface area (Å²) >= 11 is 0. The van der Waals surface area contributed by atoms with Gasteiger partial charge in [0, 0.05) is 0 Å². The van der Waals surface area contributed by atoms with Crippen LogP contribution in [0.1, 0.15) is 11.1 Å². The molecule has 4 amide bonds. The van der Waals surface area contributed by atoms with Crippen LogP contribution in [-0.4, -0.2) is 23.6 Å². The molecule has 41 heavy (non-hydrogen) atoms. The molecule has 4 aliphatic rings. The normalized spacial score (nSPS) is 31.6. The second kappa shape index (κ2) is 8.32. The lowest BCUT2D eigenvalue weighted by Crippen LogP contribution is -2.53. The molecule has 6 atom stereocenters. The van der Waals surface area contributed by atoms with Gasteiger partial charge in [-0.15, -0.1) is 0 Å². The van der Waals surface area contributed by atoms with Gasteiger partial charge in [0.1, 0.15) is 0 Å². The minimum absolute atomic E-state index is 0.364. The number of benzene rings is 4. The minimum atomic E-state index is -1.28. The zero-order valence-electron chi connectivity index (χ0n) is 21.9. The van der Waals surface area contributed by atoms with Crippen LogP contribution in [0.25, 0.3) is 0 Å². The molecule has 7 heteroatoms. The minimum Gasteiger partial charge on any atom is -0.295 e. The van der Waals surface area contributed by atoms with Crippen molar-refractivity contribution in [3.05, 3.63) is 132 Å². The number of hydrogen-bond acceptors (Lipinski definition) is 5. The fraction of sp³-hybridized carbons (Fsp3) is 0.176. The number of nitrogens with zero attached hydrogens (tertiary/aromatic N) is 2. The number of anilines is 2. The summed E-state index contributed by atoms with van der Waals surface area (Å²) in [5.74, 6) is -5.04. The quantitative estimate of drug-likeness (QED) is 0.396. The first-order chi connectivity index (χ1) is 20.0. The van der Waals surface area contributed by atoms with E-state index in [0.717, 1.165) is 0 Å². The van der Waals surface area contributed by atoms with Crippen LogP contribution in [0.5, 0.6) is 0 Å². The molecule has 4 aliphatic heterocycles. The summed E-state index contributed by atoms with van der Waals surface area (Å²) in [5.41, 5.74) is -0.162. The Morgan fingerprint density at radius 2 is 0.683 bits per heavy atom. The van der Waals surface area contributed by atoms with Crippen molar-refractivity contribution < 1.29 is 19.2 Å². The van der Waals surface area contributed by atoms with E-state index in [0.29, 0.717) is 22.5 Å². The van der Waals surface area contributed by atoms with Gasteiger partial charge < -0.3 is 0 Å². The summed E-state index contributed by atoms with van der Waals surface area (Å²) in [6, 6.07) is 36.5. The lowest BCUT2D eigenvalue weighted by Gasteiger charge is -2.40. The van der Waals surface area contributed by atoms with E-state index >= 15 is 0 Å². The summed E-state index contributed by atoms with van der Waals surface area (Å²) < 4.78 is 0. The highest BCUT2D eigenvalue weighted by Gasteiger charge is 2.85. The lowest BCUT2D eigenvalue weighted by molar-refractivity contribution is -0.133. The molecule has 2 unspecified atom stereocenters. The molecule has 4 aromatic rings. The molecule has 0 spiro atoms. The number of amides is 4. The standard InChI is InChI=1S/C34H25N3O4/c38-29-25-27(31(40)36(29)23-17-9-3-10-18-23)34(22-15-7-2-8-16-22)28-26(33(25,35-34)21-13-5-1-6-14-21)30(39)37(32(28)41)24-19-11-4-12-20-24/h1-20,25-28,35H/t25-,26+,27+,28-,33?,34?. The van der Waals surface area contributed by atoms with Crippen LogP contribution >= 0.6 is 0 Å². The van der Waals surface area contributed by atoms with Crippen LogP contribution in [0.15, 0.2) is 121 Å². The van der Waals surface area contributed by atoms with Crippen LogP contribution in [0, 0.1) is 23.7 Å². The highest BCUT2D eigenvalue weighted by Crippen LogP contribution is 2.71. The first-order valence-electron chi connectivity index (χ1n) is 13.8. The third kappa shape index (κ3) is 2.81. The van der Waals surface area contributed by atoms with Crippen molar-refractivity contribution in [1.82, 2.24) is 5.32 Å². The second-order valence-corrected chi connectivity index (χ2v) is 11.2. The van der Waals surface area contributed by atoms with Gasteiger partial charge in [-0.25, -0.2) is 9.80 Å². The Morgan fingerprint density at radius 1 is 0.415 bits per heavy atom. The summed E-state index contributed by atoms with van der Waals surface area (Å²) in [4.78, 5) is 60.6. The van der Waals surface area contributed by atoms with Gasteiger partial charge in [-0.2, -0.15) is 0 Å². The molecule has 2 bridgehead atoms. The maximum absolute atomic E-state index is 14.5. The van der Waals surface area contributed by atoms with Crippen LogP contribution in [0.4, 0.5) is 11.4 Å². The fourth-order valence-corrected chi connectivity index (χ4v) is 8.17. The third-order valence-electron chi connectivity index (χ3n) is 9.52. The zero-order valence-corrected chi connectivity index (χ0v) is 21.9. The molecule has 8 rings (SSSR count). The molecule has 1 N–H and O–H groups in total. The van der Waals surface area contributed by atoms with Gasteiger partial charge in [0.05, 0.1) is 46.1 Å². The first kappa shape index (κ1) is 24.0. The van der Waals surface area contributed by atoms with Gasteiger partial charge >= 0.3 is 0 Å². The van der Waals surface area contributed by atoms with E-state index in [1.807, 2.05) is 72.8 Å². The summed E-state index contributed by atoms with van der Waals surface area (Å²) in [7, 11) is 0. The Kier molecular flexibility index (Phi) is 4.86. The predicted molar refractivity (Wildman–Crippen MR) is 151 cm³/mol. The maximum Gasteiger partial charge on any atom is 0.240 e. The number of nitrogens with one attached hydrogen (secondary N) is 1. The van der Waals surface area contributed by atoms with E-state index in [1.165, 1.54) is 9.80 Å². The molecule has 7 nitrogen and oxygen atoms in total. The molecule has 0 aliphatic carbocycles. The summed E-state index contributed by atoms with van der Waals surface area (Å²) in [5, 5.41) is 3.72. The third-order valence-corrected chi connectivity index (χ3v) is 9.52. The van der Waals surface area contributed by atoms with Gasteiger partial charge in [0.25, 0.3) is 0 Å². The molecular weight excluding hydrogens is 514 g/mol. The number of carbonyl (C=O) groups excluding carboxylic acids is 4. The molecule has 4 aromatic carbocycles. The number of para-hydroxylation sites is 2. The monoisotopic (exact) mass is 539 g/mol. The van der Waals surface area contributed by atoms with Crippen molar-refractivity contribution in [2.45, 2.75) is 11.1 Å². The smallest absolute Gasteiger partial charge is 0.240 e. The fourth-order valence-electron chi connectivity index (χ4n) is 8.17. The van der Waals surface area contributed by atoms with Crippen molar-refractivity contribution in [3.63, 3.8) is 0 Å². The largest absolute Gasteiger partial charge is 0.295 e. The van der Waals surface area contributed by atoms with Crippen molar-refractivity contribution in [2.24, 2.45) is 23.7 Å². The van der Waals surface area contributed by atoms with Crippen molar-refractivity contribution in [3.8, 4) is 0 Å². The highest BCUT2D eigenvalue weighted by molar-refractivity contribution is 6.28. The van der Waals surface area contributed by atoms with Gasteiger partial charge in [0.2, 0.25) is 23.6 Å². The van der Waals surface area contributed by atoms with Crippen LogP contribution < -0.4 is 15.1 Å². The number of carbonyl (C=O) groups is 4. The lowest BCUT2D eigenvalue weighted by atomic mass is 9.55. The molecule has 4 fully saturated rings. The molecule has 4 saturated heterocycles. The second-order valence-electron chi connectivity index (χ2n) is 11.2. The molecular formula is C34H25N3O4. The van der Waals surface area contributed by atoms with Gasteiger partial charge in [-0.05, 0) is 35.4 Å². The Hall–Kier alpha value is -4.88.